The number of ether oxygens (including phenoxy) is 2. The minimum atomic E-state index is -0.0171. The van der Waals surface area contributed by atoms with Crippen molar-refractivity contribution in [2.75, 3.05) is 6.61 Å². The summed E-state index contributed by atoms with van der Waals surface area (Å²) in [7, 11) is 0. The fourth-order valence-corrected chi connectivity index (χ4v) is 2.52. The zero-order valence-electron chi connectivity index (χ0n) is 12.4. The molecule has 1 saturated heterocycles. The van der Waals surface area contributed by atoms with Crippen LogP contribution in [0.25, 0.3) is 0 Å². The summed E-state index contributed by atoms with van der Waals surface area (Å²) in [5, 5.41) is 0. The molecule has 106 valence electrons. The summed E-state index contributed by atoms with van der Waals surface area (Å²) in [4.78, 5) is 0. The molecule has 1 unspecified atom stereocenters. The van der Waals surface area contributed by atoms with Crippen molar-refractivity contribution in [3.63, 3.8) is 0 Å². The van der Waals surface area contributed by atoms with Crippen molar-refractivity contribution in [3.05, 3.63) is 29.3 Å². The molecule has 0 saturated carbocycles. The maximum Gasteiger partial charge on any atom is 0.124 e. The molecule has 1 fully saturated rings. The van der Waals surface area contributed by atoms with Crippen LogP contribution >= 0.6 is 0 Å². The zero-order chi connectivity index (χ0) is 14.0. The van der Waals surface area contributed by atoms with Gasteiger partial charge in [0.2, 0.25) is 0 Å². The van der Waals surface area contributed by atoms with Crippen LogP contribution in [0.3, 0.4) is 0 Å². The largest absolute Gasteiger partial charge is 0.491 e. The molecule has 1 aromatic carbocycles. The molecule has 0 bridgehead atoms. The Morgan fingerprint density at radius 3 is 2.79 bits per heavy atom. The minimum Gasteiger partial charge on any atom is -0.491 e. The lowest BCUT2D eigenvalue weighted by Crippen LogP contribution is -2.24. The van der Waals surface area contributed by atoms with Crippen LogP contribution in [-0.2, 0) is 4.74 Å². The fourth-order valence-electron chi connectivity index (χ4n) is 2.52. The third-order valence-electron chi connectivity index (χ3n) is 3.64. The van der Waals surface area contributed by atoms with Crippen molar-refractivity contribution in [1.82, 2.24) is 0 Å². The van der Waals surface area contributed by atoms with Gasteiger partial charge >= 0.3 is 0 Å². The Morgan fingerprint density at radius 2 is 2.21 bits per heavy atom. The number of rotatable bonds is 4. The molecule has 2 N–H and O–H groups in total. The van der Waals surface area contributed by atoms with Crippen LogP contribution in [0.2, 0.25) is 0 Å². The normalized spacial score (nSPS) is 23.3. The second-order valence-electron chi connectivity index (χ2n) is 6.18. The predicted molar refractivity (Wildman–Crippen MR) is 77.5 cm³/mol. The monoisotopic (exact) mass is 263 g/mol. The summed E-state index contributed by atoms with van der Waals surface area (Å²) in [6.07, 6.45) is 2.35. The summed E-state index contributed by atoms with van der Waals surface area (Å²) in [6.45, 7) is 8.91. The molecule has 19 heavy (non-hydrogen) atoms. The second-order valence-corrected chi connectivity index (χ2v) is 6.18. The van der Waals surface area contributed by atoms with Crippen LogP contribution < -0.4 is 10.5 Å². The molecule has 2 rings (SSSR count). The molecular formula is C16H25NO2. The molecule has 1 aliphatic heterocycles. The molecule has 0 aromatic heterocycles. The highest BCUT2D eigenvalue weighted by atomic mass is 16.6. The lowest BCUT2D eigenvalue weighted by Gasteiger charge is -2.20. The van der Waals surface area contributed by atoms with E-state index in [-0.39, 0.29) is 17.7 Å². The highest BCUT2D eigenvalue weighted by molar-refractivity contribution is 5.38. The average Bonchev–Trinajstić information content (AvgIpc) is 2.66. The van der Waals surface area contributed by atoms with E-state index in [1.165, 1.54) is 5.56 Å². The topological polar surface area (TPSA) is 44.5 Å². The number of benzene rings is 1. The van der Waals surface area contributed by atoms with Crippen LogP contribution in [0.1, 0.15) is 50.8 Å². The van der Waals surface area contributed by atoms with E-state index in [4.69, 9.17) is 15.2 Å². The van der Waals surface area contributed by atoms with Gasteiger partial charge in [-0.15, -0.1) is 0 Å². The Hall–Kier alpha value is -1.06. The first-order chi connectivity index (χ1) is 8.87. The quantitative estimate of drug-likeness (QED) is 0.906. The minimum absolute atomic E-state index is 0.00931. The van der Waals surface area contributed by atoms with Gasteiger partial charge < -0.3 is 15.2 Å². The van der Waals surface area contributed by atoms with Gasteiger partial charge in [-0.2, -0.15) is 0 Å². The zero-order valence-corrected chi connectivity index (χ0v) is 12.4. The highest BCUT2D eigenvalue weighted by Gasteiger charge is 2.32. The summed E-state index contributed by atoms with van der Waals surface area (Å²) < 4.78 is 11.9. The Labute approximate surface area is 116 Å². The van der Waals surface area contributed by atoms with E-state index in [1.54, 1.807) is 0 Å². The van der Waals surface area contributed by atoms with Crippen LogP contribution in [0.5, 0.6) is 5.75 Å². The molecular weight excluding hydrogens is 238 g/mol. The standard InChI is InChI=1S/C16H25NO2/c1-11-5-6-14(12(2)17)15(9-11)18-10-13-7-8-16(3,4)19-13/h5-6,9,12-13H,7-8,10,17H2,1-4H3/t12-,13?/m0/s1. The highest BCUT2D eigenvalue weighted by Crippen LogP contribution is 2.31. The van der Waals surface area contributed by atoms with Crippen LogP contribution in [-0.4, -0.2) is 18.3 Å². The van der Waals surface area contributed by atoms with Gasteiger partial charge in [0.15, 0.2) is 0 Å². The van der Waals surface area contributed by atoms with E-state index in [0.29, 0.717) is 6.61 Å². The van der Waals surface area contributed by atoms with E-state index < -0.39 is 0 Å². The lowest BCUT2D eigenvalue weighted by molar-refractivity contribution is -0.0328. The van der Waals surface area contributed by atoms with Gasteiger partial charge in [-0.05, 0) is 52.2 Å². The van der Waals surface area contributed by atoms with E-state index in [0.717, 1.165) is 24.2 Å². The van der Waals surface area contributed by atoms with E-state index >= 15 is 0 Å². The summed E-state index contributed by atoms with van der Waals surface area (Å²) in [5.74, 6) is 0.892. The second kappa shape index (κ2) is 5.51. The summed E-state index contributed by atoms with van der Waals surface area (Å²) in [5.41, 5.74) is 8.22. The molecule has 2 atom stereocenters. The van der Waals surface area contributed by atoms with Gasteiger partial charge in [-0.25, -0.2) is 0 Å². The van der Waals surface area contributed by atoms with E-state index in [9.17, 15) is 0 Å². The molecule has 0 amide bonds. The first-order valence-corrected chi connectivity index (χ1v) is 7.04. The van der Waals surface area contributed by atoms with Crippen molar-refractivity contribution in [2.24, 2.45) is 5.73 Å². The summed E-state index contributed by atoms with van der Waals surface area (Å²) >= 11 is 0. The van der Waals surface area contributed by atoms with Crippen molar-refractivity contribution in [1.29, 1.82) is 0 Å². The average molecular weight is 263 g/mol. The van der Waals surface area contributed by atoms with Crippen LogP contribution in [0, 0.1) is 6.92 Å². The SMILES string of the molecule is Cc1ccc([C@H](C)N)c(OCC2CCC(C)(C)O2)c1. The van der Waals surface area contributed by atoms with Gasteiger partial charge in [0.05, 0.1) is 11.7 Å². The Balaban J connectivity index is 2.01. The Kier molecular flexibility index (Phi) is 4.16. The molecule has 3 heteroatoms. The third-order valence-corrected chi connectivity index (χ3v) is 3.64. The molecule has 0 aliphatic carbocycles. The third kappa shape index (κ3) is 3.71. The van der Waals surface area contributed by atoms with Crippen LogP contribution in [0.15, 0.2) is 18.2 Å². The Morgan fingerprint density at radius 1 is 1.47 bits per heavy atom. The molecule has 0 spiro atoms. The molecule has 3 nitrogen and oxygen atoms in total. The molecule has 1 heterocycles. The van der Waals surface area contributed by atoms with Crippen molar-refractivity contribution < 1.29 is 9.47 Å². The first kappa shape index (κ1) is 14.4. The van der Waals surface area contributed by atoms with Gasteiger partial charge in [0.25, 0.3) is 0 Å². The van der Waals surface area contributed by atoms with Gasteiger partial charge in [0.1, 0.15) is 12.4 Å². The Bertz CT molecular complexity index is 440. The van der Waals surface area contributed by atoms with E-state index in [1.807, 2.05) is 6.92 Å². The smallest absolute Gasteiger partial charge is 0.124 e. The maximum atomic E-state index is 5.98. The number of aryl methyl sites for hydroxylation is 1. The predicted octanol–water partition coefficient (Wildman–Crippen LogP) is 3.35. The van der Waals surface area contributed by atoms with Crippen molar-refractivity contribution in [2.45, 2.75) is 58.3 Å². The molecule has 0 radical (unpaired) electrons. The molecule has 1 aromatic rings. The molecule has 1 aliphatic rings. The van der Waals surface area contributed by atoms with Gasteiger partial charge in [-0.1, -0.05) is 12.1 Å². The summed E-state index contributed by atoms with van der Waals surface area (Å²) in [6, 6.07) is 6.16. The van der Waals surface area contributed by atoms with Crippen LogP contribution in [0.4, 0.5) is 0 Å². The number of nitrogens with two attached hydrogens (primary N) is 1. The fraction of sp³-hybridized carbons (Fsp3) is 0.625. The first-order valence-electron chi connectivity index (χ1n) is 7.04. The number of hydrogen-bond acceptors (Lipinski definition) is 3. The lowest BCUT2D eigenvalue weighted by atomic mass is 10.1. The maximum absolute atomic E-state index is 5.98. The van der Waals surface area contributed by atoms with Gasteiger partial charge in [-0.3, -0.25) is 0 Å². The van der Waals surface area contributed by atoms with E-state index in [2.05, 4.69) is 39.0 Å². The van der Waals surface area contributed by atoms with Gasteiger partial charge in [0, 0.05) is 11.6 Å². The van der Waals surface area contributed by atoms with Crippen molar-refractivity contribution >= 4 is 0 Å². The number of hydrogen-bond donors (Lipinski definition) is 1. The van der Waals surface area contributed by atoms with Crippen molar-refractivity contribution in [3.8, 4) is 5.75 Å².